The highest BCUT2D eigenvalue weighted by molar-refractivity contribution is 6.30. The Morgan fingerprint density at radius 1 is 1.31 bits per heavy atom. The fourth-order valence-electron chi connectivity index (χ4n) is 5.88. The number of hydrogen-bond donors (Lipinski definition) is 2. The molecule has 1 saturated heterocycles. The van der Waals surface area contributed by atoms with Crippen LogP contribution in [-0.4, -0.2) is 41.6 Å². The summed E-state index contributed by atoms with van der Waals surface area (Å²) in [6.07, 6.45) is -4.80. The number of urea groups is 1. The van der Waals surface area contributed by atoms with Crippen LogP contribution in [0.3, 0.4) is 0 Å². The molecule has 4 aliphatic rings. The van der Waals surface area contributed by atoms with Crippen LogP contribution in [0, 0.1) is 16.6 Å². The SMILES string of the molecule is CC1([C@@H](c2ccc(F)c(Cl)c2)C23CC(C(F)(F)F)(C2)C3)C(=O)NCCN1C(N)=O. The number of piperazine rings is 1. The summed E-state index contributed by atoms with van der Waals surface area (Å²) >= 11 is 5.94. The summed E-state index contributed by atoms with van der Waals surface area (Å²) < 4.78 is 54.1. The summed E-state index contributed by atoms with van der Waals surface area (Å²) in [6.45, 7) is 1.83. The smallest absolute Gasteiger partial charge is 0.352 e. The van der Waals surface area contributed by atoms with E-state index in [1.54, 1.807) is 0 Å². The van der Waals surface area contributed by atoms with Gasteiger partial charge in [-0.15, -0.1) is 0 Å². The van der Waals surface area contributed by atoms with Crippen molar-refractivity contribution in [1.82, 2.24) is 10.2 Å². The van der Waals surface area contributed by atoms with E-state index in [0.717, 1.165) is 6.07 Å². The maximum Gasteiger partial charge on any atom is 0.394 e. The van der Waals surface area contributed by atoms with E-state index in [1.807, 2.05) is 0 Å². The number of halogens is 5. The van der Waals surface area contributed by atoms with Crippen molar-refractivity contribution in [2.24, 2.45) is 16.6 Å². The molecule has 158 valence electrons. The van der Waals surface area contributed by atoms with Crippen molar-refractivity contribution in [2.45, 2.75) is 43.8 Å². The summed E-state index contributed by atoms with van der Waals surface area (Å²) in [7, 11) is 0. The van der Waals surface area contributed by atoms with E-state index in [-0.39, 0.29) is 37.4 Å². The van der Waals surface area contributed by atoms with Gasteiger partial charge in [0.25, 0.3) is 0 Å². The largest absolute Gasteiger partial charge is 0.394 e. The van der Waals surface area contributed by atoms with Gasteiger partial charge in [0.2, 0.25) is 5.91 Å². The number of nitrogens with one attached hydrogen (secondary N) is 1. The number of hydrogen-bond acceptors (Lipinski definition) is 2. The number of nitrogens with two attached hydrogens (primary N) is 1. The molecule has 0 aromatic heterocycles. The molecule has 1 heterocycles. The van der Waals surface area contributed by atoms with Gasteiger partial charge in [-0.1, -0.05) is 17.7 Å². The van der Waals surface area contributed by atoms with Crippen LogP contribution in [0.5, 0.6) is 0 Å². The molecule has 1 aromatic carbocycles. The molecule has 1 unspecified atom stereocenters. The zero-order valence-electron chi connectivity index (χ0n) is 15.6. The summed E-state index contributed by atoms with van der Waals surface area (Å²) in [6, 6.07) is 3.03. The Labute approximate surface area is 169 Å². The maximum absolute atomic E-state index is 13.8. The molecular formula is C19H20ClF4N3O2. The third-order valence-electron chi connectivity index (χ3n) is 7.03. The standard InChI is InChI=1S/C19H20ClF4N3O2/c1-16(14(28)26-4-5-27(16)15(25)29)13(10-2-3-12(21)11(20)6-10)17-7-18(8-17,9-17)19(22,23)24/h2-3,6,13H,4-5,7-9H2,1H3,(H2,25,29)(H,26,28)/t13-,16?,17?,18?/m1/s1. The Balaban J connectivity index is 1.83. The molecule has 29 heavy (non-hydrogen) atoms. The first kappa shape index (κ1) is 20.3. The van der Waals surface area contributed by atoms with Crippen LogP contribution in [0.4, 0.5) is 22.4 Å². The molecule has 3 amide bonds. The van der Waals surface area contributed by atoms with Gasteiger partial charge in [0.15, 0.2) is 0 Å². The minimum Gasteiger partial charge on any atom is -0.352 e. The monoisotopic (exact) mass is 433 g/mol. The minimum absolute atomic E-state index is 0.128. The molecule has 2 atom stereocenters. The summed E-state index contributed by atoms with van der Waals surface area (Å²) in [5, 5.41) is 2.49. The molecule has 1 aliphatic heterocycles. The first-order valence-corrected chi connectivity index (χ1v) is 9.61. The first-order chi connectivity index (χ1) is 13.4. The zero-order valence-corrected chi connectivity index (χ0v) is 16.3. The molecule has 0 radical (unpaired) electrons. The number of carbonyl (C=O) groups excluding carboxylic acids is 2. The number of benzene rings is 1. The number of nitrogens with zero attached hydrogens (tertiary/aromatic N) is 1. The van der Waals surface area contributed by atoms with E-state index < -0.39 is 46.2 Å². The Kier molecular flexibility index (Phi) is 4.19. The Morgan fingerprint density at radius 3 is 2.45 bits per heavy atom. The van der Waals surface area contributed by atoms with Crippen LogP contribution in [0.25, 0.3) is 0 Å². The number of primary amides is 1. The van der Waals surface area contributed by atoms with E-state index in [4.69, 9.17) is 17.3 Å². The van der Waals surface area contributed by atoms with Crippen LogP contribution in [0.1, 0.15) is 37.7 Å². The van der Waals surface area contributed by atoms with Crippen molar-refractivity contribution in [3.63, 3.8) is 0 Å². The minimum atomic E-state index is -4.33. The van der Waals surface area contributed by atoms with Crippen molar-refractivity contribution in [2.75, 3.05) is 13.1 Å². The van der Waals surface area contributed by atoms with Crippen LogP contribution in [0.2, 0.25) is 5.02 Å². The van der Waals surface area contributed by atoms with Gasteiger partial charge in [0.1, 0.15) is 11.4 Å². The summed E-state index contributed by atoms with van der Waals surface area (Å²) in [4.78, 5) is 26.3. The van der Waals surface area contributed by atoms with E-state index in [9.17, 15) is 27.2 Å². The van der Waals surface area contributed by atoms with Gasteiger partial charge in [0.05, 0.1) is 10.4 Å². The van der Waals surface area contributed by atoms with Gasteiger partial charge < -0.3 is 16.0 Å². The highest BCUT2D eigenvalue weighted by atomic mass is 35.5. The molecule has 3 aliphatic carbocycles. The van der Waals surface area contributed by atoms with Crippen molar-refractivity contribution >= 4 is 23.5 Å². The highest BCUT2D eigenvalue weighted by Gasteiger charge is 2.82. The molecule has 10 heteroatoms. The molecule has 4 fully saturated rings. The molecular weight excluding hydrogens is 414 g/mol. The van der Waals surface area contributed by atoms with Gasteiger partial charge in [0, 0.05) is 19.0 Å². The lowest BCUT2D eigenvalue weighted by Gasteiger charge is -2.75. The predicted octanol–water partition coefficient (Wildman–Crippen LogP) is 3.56. The predicted molar refractivity (Wildman–Crippen MR) is 96.6 cm³/mol. The number of rotatable bonds is 3. The topological polar surface area (TPSA) is 75.4 Å². The van der Waals surface area contributed by atoms with Crippen molar-refractivity contribution in [3.8, 4) is 0 Å². The van der Waals surface area contributed by atoms with E-state index in [0.29, 0.717) is 5.56 Å². The quantitative estimate of drug-likeness (QED) is 0.715. The van der Waals surface area contributed by atoms with E-state index in [2.05, 4.69) is 5.32 Å². The van der Waals surface area contributed by atoms with Gasteiger partial charge in [-0.25, -0.2) is 9.18 Å². The average molecular weight is 434 g/mol. The molecule has 1 aromatic rings. The molecule has 3 saturated carbocycles. The maximum atomic E-state index is 13.8. The molecule has 5 rings (SSSR count). The fraction of sp³-hybridized carbons (Fsp3) is 0.579. The second kappa shape index (κ2) is 6.00. The normalized spacial score (nSPS) is 34.7. The average Bonchev–Trinajstić information content (AvgIpc) is 2.53. The van der Waals surface area contributed by atoms with Gasteiger partial charge >= 0.3 is 12.2 Å². The van der Waals surface area contributed by atoms with Crippen LogP contribution in [0.15, 0.2) is 18.2 Å². The Hall–Kier alpha value is -2.03. The molecule has 5 nitrogen and oxygen atoms in total. The van der Waals surface area contributed by atoms with Gasteiger partial charge in [-0.3, -0.25) is 4.79 Å². The van der Waals surface area contributed by atoms with Gasteiger partial charge in [-0.2, -0.15) is 13.2 Å². The Bertz CT molecular complexity index is 886. The second-order valence-electron chi connectivity index (χ2n) is 8.67. The Morgan fingerprint density at radius 2 is 1.93 bits per heavy atom. The third kappa shape index (κ3) is 2.59. The summed E-state index contributed by atoms with van der Waals surface area (Å²) in [5.74, 6) is -1.99. The number of carbonyl (C=O) groups is 2. The number of alkyl halides is 3. The lowest BCUT2D eigenvalue weighted by Crippen LogP contribution is -2.77. The highest BCUT2D eigenvalue weighted by Crippen LogP contribution is 2.83. The van der Waals surface area contributed by atoms with Gasteiger partial charge in [-0.05, 0) is 49.3 Å². The summed E-state index contributed by atoms with van der Waals surface area (Å²) in [5.41, 5.74) is 1.81. The van der Waals surface area contributed by atoms with Crippen LogP contribution in [-0.2, 0) is 4.79 Å². The zero-order chi connectivity index (χ0) is 21.4. The number of amides is 3. The molecule has 2 bridgehead atoms. The van der Waals surface area contributed by atoms with E-state index in [1.165, 1.54) is 24.0 Å². The van der Waals surface area contributed by atoms with E-state index >= 15 is 0 Å². The molecule has 3 N–H and O–H groups in total. The second-order valence-corrected chi connectivity index (χ2v) is 9.08. The lowest BCUT2D eigenvalue weighted by molar-refractivity contribution is -0.373. The van der Waals surface area contributed by atoms with Crippen LogP contribution >= 0.6 is 11.6 Å². The van der Waals surface area contributed by atoms with Crippen molar-refractivity contribution in [3.05, 3.63) is 34.6 Å². The van der Waals surface area contributed by atoms with Crippen molar-refractivity contribution < 1.29 is 27.2 Å². The third-order valence-corrected chi connectivity index (χ3v) is 7.32. The van der Waals surface area contributed by atoms with Crippen molar-refractivity contribution in [1.29, 1.82) is 0 Å². The fourth-order valence-corrected chi connectivity index (χ4v) is 6.07. The lowest BCUT2D eigenvalue weighted by atomic mass is 9.29. The van der Waals surface area contributed by atoms with Crippen LogP contribution < -0.4 is 11.1 Å². The molecule has 0 spiro atoms. The first-order valence-electron chi connectivity index (χ1n) is 9.23.